The Hall–Kier alpha value is -0.510. The van der Waals surface area contributed by atoms with Crippen LogP contribution in [-0.4, -0.2) is 0 Å². The maximum atomic E-state index is 8.40. The number of rotatable bonds is 4. The molecule has 3 nitrogen and oxygen atoms in total. The SMILES string of the molecule is CCCCc1cc(Br)c(N=[N+]=[N-])c(Br)c1. The van der Waals surface area contributed by atoms with Gasteiger partial charge in [0.2, 0.25) is 0 Å². The highest BCUT2D eigenvalue weighted by Crippen LogP contribution is 2.35. The molecule has 0 heterocycles. The van der Waals surface area contributed by atoms with Crippen LogP contribution in [0, 0.1) is 0 Å². The van der Waals surface area contributed by atoms with Gasteiger partial charge in [-0.2, -0.15) is 0 Å². The van der Waals surface area contributed by atoms with Gasteiger partial charge in [0.25, 0.3) is 0 Å². The maximum Gasteiger partial charge on any atom is 0.0659 e. The molecule has 0 N–H and O–H groups in total. The smallest absolute Gasteiger partial charge is 0.0654 e. The predicted octanol–water partition coefficient (Wildman–Crippen LogP) is 5.50. The number of aryl methyl sites for hydroxylation is 1. The van der Waals surface area contributed by atoms with Crippen LogP contribution in [0.25, 0.3) is 10.4 Å². The molecule has 0 aliphatic heterocycles. The Morgan fingerprint density at radius 2 is 1.93 bits per heavy atom. The van der Waals surface area contributed by atoms with Crippen molar-refractivity contribution in [2.24, 2.45) is 5.11 Å². The van der Waals surface area contributed by atoms with Crippen molar-refractivity contribution < 1.29 is 0 Å². The van der Waals surface area contributed by atoms with Crippen molar-refractivity contribution in [3.05, 3.63) is 37.1 Å². The number of benzene rings is 1. The summed E-state index contributed by atoms with van der Waals surface area (Å²) in [6, 6.07) is 4.01. The summed E-state index contributed by atoms with van der Waals surface area (Å²) in [6.07, 6.45) is 3.39. The molecule has 0 unspecified atom stereocenters. The zero-order valence-electron chi connectivity index (χ0n) is 8.37. The number of unbranched alkanes of at least 4 members (excludes halogenated alkanes) is 1. The molecule has 0 aromatic heterocycles. The first-order valence-electron chi connectivity index (χ1n) is 4.72. The molecule has 0 spiro atoms. The number of hydrogen-bond acceptors (Lipinski definition) is 1. The van der Waals surface area contributed by atoms with Gasteiger partial charge in [0.15, 0.2) is 0 Å². The topological polar surface area (TPSA) is 48.8 Å². The van der Waals surface area contributed by atoms with E-state index in [2.05, 4.69) is 48.8 Å². The van der Waals surface area contributed by atoms with Gasteiger partial charge in [0.1, 0.15) is 0 Å². The van der Waals surface area contributed by atoms with Gasteiger partial charge < -0.3 is 0 Å². The average molecular weight is 333 g/mol. The lowest BCUT2D eigenvalue weighted by atomic mass is 10.1. The molecule has 0 radical (unpaired) electrons. The molecule has 0 atom stereocenters. The van der Waals surface area contributed by atoms with Gasteiger partial charge in [0.05, 0.1) is 5.69 Å². The second kappa shape index (κ2) is 6.16. The lowest BCUT2D eigenvalue weighted by Crippen LogP contribution is -1.85. The number of nitrogens with zero attached hydrogens (tertiary/aromatic N) is 3. The molecular weight excluding hydrogens is 322 g/mol. The Bertz CT molecular complexity index is 375. The summed E-state index contributed by atoms with van der Waals surface area (Å²) < 4.78 is 1.67. The van der Waals surface area contributed by atoms with Crippen LogP contribution in [0.5, 0.6) is 0 Å². The molecule has 15 heavy (non-hydrogen) atoms. The summed E-state index contributed by atoms with van der Waals surface area (Å²) in [6.45, 7) is 2.17. The summed E-state index contributed by atoms with van der Waals surface area (Å²) in [5.74, 6) is 0. The van der Waals surface area contributed by atoms with E-state index in [0.717, 1.165) is 15.4 Å². The fourth-order valence-corrected chi connectivity index (χ4v) is 2.72. The van der Waals surface area contributed by atoms with E-state index in [9.17, 15) is 0 Å². The number of hydrogen-bond donors (Lipinski definition) is 0. The molecule has 0 saturated carbocycles. The molecule has 1 rings (SSSR count). The predicted molar refractivity (Wildman–Crippen MR) is 69.3 cm³/mol. The standard InChI is InChI=1S/C10H11Br2N3/c1-2-3-4-7-5-8(11)10(14-15-13)9(12)6-7/h5-6H,2-4H2,1H3. The molecule has 1 aromatic rings. The second-order valence-electron chi connectivity index (χ2n) is 3.20. The van der Waals surface area contributed by atoms with Crippen LogP contribution in [0.2, 0.25) is 0 Å². The molecular formula is C10H11Br2N3. The molecule has 1 aromatic carbocycles. The first-order chi connectivity index (χ1) is 7.19. The normalized spacial score (nSPS) is 9.80. The van der Waals surface area contributed by atoms with Gasteiger partial charge >= 0.3 is 0 Å². The minimum Gasteiger partial charge on any atom is -0.0654 e. The van der Waals surface area contributed by atoms with Crippen molar-refractivity contribution in [2.45, 2.75) is 26.2 Å². The minimum absolute atomic E-state index is 0.609. The van der Waals surface area contributed by atoms with Gasteiger partial charge in [0, 0.05) is 13.9 Å². The summed E-state index contributed by atoms with van der Waals surface area (Å²) in [4.78, 5) is 2.78. The molecule has 0 aliphatic carbocycles. The fraction of sp³-hybridized carbons (Fsp3) is 0.400. The van der Waals surface area contributed by atoms with E-state index in [4.69, 9.17) is 5.53 Å². The summed E-state index contributed by atoms with van der Waals surface area (Å²) in [5, 5.41) is 3.61. The van der Waals surface area contributed by atoms with Crippen LogP contribution >= 0.6 is 31.9 Å². The van der Waals surface area contributed by atoms with Crippen LogP contribution in [0.3, 0.4) is 0 Å². The second-order valence-corrected chi connectivity index (χ2v) is 4.91. The van der Waals surface area contributed by atoms with Gasteiger partial charge in [-0.05, 0) is 36.1 Å². The van der Waals surface area contributed by atoms with Crippen LogP contribution in [0.15, 0.2) is 26.2 Å². The van der Waals surface area contributed by atoms with Gasteiger partial charge in [-0.3, -0.25) is 0 Å². The molecule has 0 amide bonds. The molecule has 0 bridgehead atoms. The van der Waals surface area contributed by atoms with Crippen LogP contribution in [0.1, 0.15) is 25.3 Å². The van der Waals surface area contributed by atoms with Crippen molar-refractivity contribution in [1.82, 2.24) is 0 Å². The highest BCUT2D eigenvalue weighted by atomic mass is 79.9. The molecule has 0 fully saturated rings. The first kappa shape index (κ1) is 12.6. The molecule has 80 valence electrons. The Morgan fingerprint density at radius 1 is 1.33 bits per heavy atom. The average Bonchev–Trinajstić information content (AvgIpc) is 2.20. The van der Waals surface area contributed by atoms with E-state index in [1.807, 2.05) is 12.1 Å². The van der Waals surface area contributed by atoms with E-state index in [0.29, 0.717) is 5.69 Å². The Kier molecular flexibility index (Phi) is 5.15. The summed E-state index contributed by atoms with van der Waals surface area (Å²) >= 11 is 6.79. The lowest BCUT2D eigenvalue weighted by molar-refractivity contribution is 0.794. The Labute approximate surface area is 106 Å². The van der Waals surface area contributed by atoms with Gasteiger partial charge in [-0.25, -0.2) is 0 Å². The largest absolute Gasteiger partial charge is 0.0659 e. The number of halogens is 2. The fourth-order valence-electron chi connectivity index (χ4n) is 1.28. The minimum atomic E-state index is 0.609. The van der Waals surface area contributed by atoms with E-state index in [1.165, 1.54) is 18.4 Å². The highest BCUT2D eigenvalue weighted by molar-refractivity contribution is 9.11. The zero-order valence-corrected chi connectivity index (χ0v) is 11.5. The monoisotopic (exact) mass is 331 g/mol. The highest BCUT2D eigenvalue weighted by Gasteiger charge is 2.05. The van der Waals surface area contributed by atoms with E-state index < -0.39 is 0 Å². The maximum absolute atomic E-state index is 8.40. The van der Waals surface area contributed by atoms with Crippen molar-refractivity contribution in [1.29, 1.82) is 0 Å². The van der Waals surface area contributed by atoms with E-state index in [1.54, 1.807) is 0 Å². The number of azide groups is 1. The summed E-state index contributed by atoms with van der Waals surface area (Å²) in [5.41, 5.74) is 10.2. The van der Waals surface area contributed by atoms with Crippen molar-refractivity contribution in [3.8, 4) is 0 Å². The third-order valence-electron chi connectivity index (χ3n) is 2.04. The quantitative estimate of drug-likeness (QED) is 0.397. The van der Waals surface area contributed by atoms with Crippen molar-refractivity contribution in [3.63, 3.8) is 0 Å². The van der Waals surface area contributed by atoms with Gasteiger partial charge in [-0.15, -0.1) is 0 Å². The third-order valence-corrected chi connectivity index (χ3v) is 3.25. The van der Waals surface area contributed by atoms with Crippen molar-refractivity contribution in [2.75, 3.05) is 0 Å². The zero-order chi connectivity index (χ0) is 11.3. The van der Waals surface area contributed by atoms with Crippen LogP contribution < -0.4 is 0 Å². The van der Waals surface area contributed by atoms with E-state index >= 15 is 0 Å². The van der Waals surface area contributed by atoms with Crippen LogP contribution in [0.4, 0.5) is 5.69 Å². The molecule has 0 aliphatic rings. The van der Waals surface area contributed by atoms with Gasteiger partial charge in [-0.1, -0.05) is 50.3 Å². The molecule has 0 saturated heterocycles. The molecule has 5 heteroatoms. The summed E-state index contributed by atoms with van der Waals surface area (Å²) in [7, 11) is 0. The lowest BCUT2D eigenvalue weighted by Gasteiger charge is -2.05. The van der Waals surface area contributed by atoms with Crippen molar-refractivity contribution >= 4 is 37.5 Å². The van der Waals surface area contributed by atoms with E-state index in [-0.39, 0.29) is 0 Å². The Morgan fingerprint density at radius 3 is 2.40 bits per heavy atom. The first-order valence-corrected chi connectivity index (χ1v) is 6.30. The van der Waals surface area contributed by atoms with Crippen LogP contribution in [-0.2, 0) is 6.42 Å². The Balaban J connectivity index is 3.02. The third kappa shape index (κ3) is 3.52.